The van der Waals surface area contributed by atoms with Gasteiger partial charge in [-0.1, -0.05) is 152 Å². The standard InChI is InChI=1S/C57H34F3N3/c58-57(59,60)43-25-21-36(22-26-43)41-24-28-53-50(31-41)51-32-48-47-30-42(40-20-19-35-11-7-8-16-39(35)29-40)23-27-46(47)44-17-9-10-18-45(44)49(48)33-54(51)63(53)55-34-52(37-12-3-1-4-13-37)61-56(62-55)38-14-5-2-6-15-38/h1-34H. The zero-order valence-corrected chi connectivity index (χ0v) is 33.6. The van der Waals surface area contributed by atoms with E-state index in [1.807, 2.05) is 60.7 Å². The number of hydrogen-bond donors (Lipinski definition) is 0. The van der Waals surface area contributed by atoms with E-state index in [1.54, 1.807) is 12.1 Å². The van der Waals surface area contributed by atoms with Crippen LogP contribution in [0.1, 0.15) is 5.56 Å². The number of halogens is 3. The summed E-state index contributed by atoms with van der Waals surface area (Å²) in [5.74, 6) is 1.30. The fourth-order valence-corrected chi connectivity index (χ4v) is 9.31. The van der Waals surface area contributed by atoms with E-state index in [9.17, 15) is 13.2 Å². The van der Waals surface area contributed by atoms with E-state index in [-0.39, 0.29) is 0 Å². The van der Waals surface area contributed by atoms with Gasteiger partial charge in [-0.15, -0.1) is 0 Å². The summed E-state index contributed by atoms with van der Waals surface area (Å²) < 4.78 is 43.2. The summed E-state index contributed by atoms with van der Waals surface area (Å²) in [6.45, 7) is 0. The first kappa shape index (κ1) is 36.7. The van der Waals surface area contributed by atoms with Gasteiger partial charge in [0.15, 0.2) is 5.82 Å². The first-order valence-corrected chi connectivity index (χ1v) is 20.9. The van der Waals surface area contributed by atoms with Crippen LogP contribution in [-0.2, 0) is 6.18 Å². The highest BCUT2D eigenvalue weighted by atomic mass is 19.4. The molecule has 2 aromatic heterocycles. The van der Waals surface area contributed by atoms with Crippen molar-refractivity contribution in [3.8, 4) is 50.7 Å². The summed E-state index contributed by atoms with van der Waals surface area (Å²) in [7, 11) is 0. The molecule has 10 aromatic carbocycles. The number of hydrogen-bond acceptors (Lipinski definition) is 2. The Balaban J connectivity index is 1.17. The Morgan fingerprint density at radius 2 is 0.873 bits per heavy atom. The summed E-state index contributed by atoms with van der Waals surface area (Å²) in [5, 5.41) is 11.2. The lowest BCUT2D eigenvalue weighted by Gasteiger charge is -2.14. The van der Waals surface area contributed by atoms with Crippen molar-refractivity contribution in [2.24, 2.45) is 0 Å². The van der Waals surface area contributed by atoms with Crippen LogP contribution in [0, 0.1) is 0 Å². The van der Waals surface area contributed by atoms with Crippen LogP contribution >= 0.6 is 0 Å². The minimum absolute atomic E-state index is 0.599. The highest BCUT2D eigenvalue weighted by Crippen LogP contribution is 2.43. The molecule has 0 saturated heterocycles. The van der Waals surface area contributed by atoms with Crippen molar-refractivity contribution in [1.82, 2.24) is 14.5 Å². The normalized spacial score (nSPS) is 12.0. The second-order valence-corrected chi connectivity index (χ2v) is 16.1. The molecular formula is C57H34F3N3. The average Bonchev–Trinajstić information content (AvgIpc) is 3.66. The van der Waals surface area contributed by atoms with E-state index in [1.165, 1.54) is 10.8 Å². The Labute approximate surface area is 360 Å². The van der Waals surface area contributed by atoms with Crippen LogP contribution in [-0.4, -0.2) is 14.5 Å². The van der Waals surface area contributed by atoms with Gasteiger partial charge < -0.3 is 0 Å². The van der Waals surface area contributed by atoms with Crippen LogP contribution in [0.3, 0.4) is 0 Å². The summed E-state index contributed by atoms with van der Waals surface area (Å²) in [4.78, 5) is 10.4. The van der Waals surface area contributed by atoms with E-state index in [2.05, 4.69) is 126 Å². The topological polar surface area (TPSA) is 30.7 Å². The van der Waals surface area contributed by atoms with E-state index in [0.29, 0.717) is 17.2 Å². The first-order chi connectivity index (χ1) is 30.8. The van der Waals surface area contributed by atoms with Crippen LogP contribution in [0.4, 0.5) is 13.2 Å². The molecule has 12 rings (SSSR count). The molecule has 0 saturated carbocycles. The number of aromatic nitrogens is 3. The van der Waals surface area contributed by atoms with Gasteiger partial charge in [-0.3, -0.25) is 4.57 Å². The Kier molecular flexibility index (Phi) is 8.31. The Bertz CT molecular complexity index is 3700. The lowest BCUT2D eigenvalue weighted by atomic mass is 9.90. The zero-order chi connectivity index (χ0) is 42.2. The molecule has 0 radical (unpaired) electrons. The van der Waals surface area contributed by atoms with Gasteiger partial charge in [-0.25, -0.2) is 9.97 Å². The van der Waals surface area contributed by atoms with Crippen molar-refractivity contribution in [2.45, 2.75) is 6.18 Å². The molecule has 12 aromatic rings. The maximum absolute atomic E-state index is 13.6. The molecule has 0 aliphatic carbocycles. The van der Waals surface area contributed by atoms with Gasteiger partial charge in [0.05, 0.1) is 22.3 Å². The molecule has 0 bridgehead atoms. The predicted molar refractivity (Wildman–Crippen MR) is 253 cm³/mol. The summed E-state index contributed by atoms with van der Waals surface area (Å²) in [6.07, 6.45) is -4.42. The molecule has 298 valence electrons. The van der Waals surface area contributed by atoms with Crippen LogP contribution in [0.25, 0.3) is 116 Å². The molecule has 0 aliphatic heterocycles. The molecule has 0 N–H and O–H groups in total. The third-order valence-corrected chi connectivity index (χ3v) is 12.4. The highest BCUT2D eigenvalue weighted by molar-refractivity contribution is 6.29. The molecule has 0 amide bonds. The summed E-state index contributed by atoms with van der Waals surface area (Å²) in [5.41, 5.74) is 7.62. The molecule has 0 spiro atoms. The lowest BCUT2D eigenvalue weighted by molar-refractivity contribution is -0.137. The predicted octanol–water partition coefficient (Wildman–Crippen LogP) is 15.9. The fourth-order valence-electron chi connectivity index (χ4n) is 9.31. The highest BCUT2D eigenvalue weighted by Gasteiger charge is 2.30. The van der Waals surface area contributed by atoms with Gasteiger partial charge in [0.1, 0.15) is 5.82 Å². The van der Waals surface area contributed by atoms with Gasteiger partial charge in [0.25, 0.3) is 0 Å². The lowest BCUT2D eigenvalue weighted by Crippen LogP contribution is -2.04. The molecule has 0 unspecified atom stereocenters. The van der Waals surface area contributed by atoms with Crippen molar-refractivity contribution < 1.29 is 13.2 Å². The molecular weight excluding hydrogens is 784 g/mol. The van der Waals surface area contributed by atoms with Crippen LogP contribution in [0.5, 0.6) is 0 Å². The van der Waals surface area contributed by atoms with E-state index in [4.69, 9.17) is 9.97 Å². The average molecular weight is 818 g/mol. The van der Waals surface area contributed by atoms with Gasteiger partial charge in [0.2, 0.25) is 0 Å². The van der Waals surface area contributed by atoms with Crippen molar-refractivity contribution >= 4 is 64.9 Å². The van der Waals surface area contributed by atoms with Gasteiger partial charge >= 0.3 is 6.18 Å². The number of rotatable bonds is 5. The monoisotopic (exact) mass is 817 g/mol. The fraction of sp³-hybridized carbons (Fsp3) is 0.0175. The van der Waals surface area contributed by atoms with Crippen LogP contribution in [0.15, 0.2) is 206 Å². The van der Waals surface area contributed by atoms with E-state index < -0.39 is 11.7 Å². The molecule has 0 aliphatic rings. The second-order valence-electron chi connectivity index (χ2n) is 16.1. The summed E-state index contributed by atoms with van der Waals surface area (Å²) in [6, 6.07) is 68.7. The maximum atomic E-state index is 13.6. The second kappa shape index (κ2) is 14.3. The van der Waals surface area contributed by atoms with Crippen molar-refractivity contribution in [2.75, 3.05) is 0 Å². The number of benzene rings is 10. The van der Waals surface area contributed by atoms with Gasteiger partial charge in [-0.2, -0.15) is 13.2 Å². The maximum Gasteiger partial charge on any atom is 0.416 e. The number of fused-ring (bicyclic) bond motifs is 10. The zero-order valence-electron chi connectivity index (χ0n) is 33.6. The third kappa shape index (κ3) is 6.21. The quantitative estimate of drug-likeness (QED) is 0.162. The number of alkyl halides is 3. The van der Waals surface area contributed by atoms with Crippen LogP contribution in [0.2, 0.25) is 0 Å². The smallest absolute Gasteiger partial charge is 0.294 e. The Morgan fingerprint density at radius 3 is 1.63 bits per heavy atom. The minimum atomic E-state index is -4.42. The molecule has 6 heteroatoms. The number of nitrogens with zero attached hydrogens (tertiary/aromatic N) is 3. The molecule has 63 heavy (non-hydrogen) atoms. The SMILES string of the molecule is FC(F)(F)c1ccc(-c2ccc3c(c2)c2cc4c5cc(-c6ccc7ccccc7c6)ccc5c5ccccc5c4cc2n3-c2cc(-c3ccccc3)nc(-c3ccccc3)n2)cc1. The molecule has 0 fully saturated rings. The Morgan fingerprint density at radius 1 is 0.333 bits per heavy atom. The summed E-state index contributed by atoms with van der Waals surface area (Å²) >= 11 is 0. The van der Waals surface area contributed by atoms with E-state index in [0.717, 1.165) is 99.8 Å². The molecule has 0 atom stereocenters. The van der Waals surface area contributed by atoms with Gasteiger partial charge in [-0.05, 0) is 114 Å². The molecule has 3 nitrogen and oxygen atoms in total. The largest absolute Gasteiger partial charge is 0.416 e. The van der Waals surface area contributed by atoms with Gasteiger partial charge in [0, 0.05) is 28.0 Å². The third-order valence-electron chi connectivity index (χ3n) is 12.4. The minimum Gasteiger partial charge on any atom is -0.294 e. The molecule has 2 heterocycles. The van der Waals surface area contributed by atoms with Crippen molar-refractivity contribution in [3.05, 3.63) is 212 Å². The first-order valence-electron chi connectivity index (χ1n) is 20.9. The van der Waals surface area contributed by atoms with Crippen molar-refractivity contribution in [3.63, 3.8) is 0 Å². The van der Waals surface area contributed by atoms with Crippen molar-refractivity contribution in [1.29, 1.82) is 0 Å². The Hall–Kier alpha value is -8.09. The van der Waals surface area contributed by atoms with E-state index >= 15 is 0 Å². The van der Waals surface area contributed by atoms with Crippen LogP contribution < -0.4 is 0 Å².